The molecule has 5 heteroatoms. The monoisotopic (exact) mass is 246 g/mol. The smallest absolute Gasteiger partial charge is 0.134 e. The number of rotatable bonds is 2. The zero-order valence-electron chi connectivity index (χ0n) is 10.1. The number of hydrogen-bond donors (Lipinski definition) is 0. The molecule has 0 amide bonds. The van der Waals surface area contributed by atoms with Gasteiger partial charge in [-0.15, -0.1) is 10.2 Å². The fourth-order valence-electron chi connectivity index (χ4n) is 2.33. The normalized spacial score (nSPS) is 16.3. The predicted octanol–water partition coefficient (Wildman–Crippen LogP) is 1.48. The van der Waals surface area contributed by atoms with Crippen molar-refractivity contribution in [2.45, 2.75) is 19.5 Å². The van der Waals surface area contributed by atoms with Crippen LogP contribution in [0.3, 0.4) is 0 Å². The van der Waals surface area contributed by atoms with Crippen molar-refractivity contribution in [2.24, 2.45) is 0 Å². The minimum Gasteiger partial charge on any atom is -0.316 e. The van der Waals surface area contributed by atoms with Crippen LogP contribution in [0.4, 0.5) is 4.39 Å². The third-order valence-corrected chi connectivity index (χ3v) is 3.30. The molecule has 0 aliphatic carbocycles. The first-order valence-electron chi connectivity index (χ1n) is 6.15. The van der Waals surface area contributed by atoms with Crippen molar-refractivity contribution in [3.05, 3.63) is 47.8 Å². The molecule has 0 saturated heterocycles. The molecule has 0 spiro atoms. The minimum absolute atomic E-state index is 0.167. The van der Waals surface area contributed by atoms with Gasteiger partial charge in [0.1, 0.15) is 18.0 Å². The third kappa shape index (κ3) is 2.41. The molecular formula is C13H15FN4. The maximum Gasteiger partial charge on any atom is 0.134 e. The lowest BCUT2D eigenvalue weighted by Crippen LogP contribution is -2.26. The first-order valence-corrected chi connectivity index (χ1v) is 6.15. The number of nitrogens with zero attached hydrogens (tertiary/aromatic N) is 4. The van der Waals surface area contributed by atoms with E-state index in [1.54, 1.807) is 18.5 Å². The van der Waals surface area contributed by atoms with E-state index in [0.29, 0.717) is 0 Å². The topological polar surface area (TPSA) is 34.0 Å². The Morgan fingerprint density at radius 2 is 2.17 bits per heavy atom. The zero-order chi connectivity index (χ0) is 12.4. The summed E-state index contributed by atoms with van der Waals surface area (Å²) < 4.78 is 15.2. The minimum atomic E-state index is -0.167. The van der Waals surface area contributed by atoms with Crippen LogP contribution in [0.15, 0.2) is 30.6 Å². The Labute approximate surface area is 105 Å². The molecule has 4 nitrogen and oxygen atoms in total. The summed E-state index contributed by atoms with van der Waals surface area (Å²) in [6.45, 7) is 3.57. The lowest BCUT2D eigenvalue weighted by molar-refractivity contribution is 0.270. The summed E-state index contributed by atoms with van der Waals surface area (Å²) in [5.74, 6) is 0.871. The SMILES string of the molecule is Fc1cccc(CN2CCc3nncn3CC2)c1. The Kier molecular flexibility index (Phi) is 3.06. The van der Waals surface area contributed by atoms with Crippen molar-refractivity contribution in [2.75, 3.05) is 13.1 Å². The molecule has 1 aromatic heterocycles. The molecule has 3 rings (SSSR count). The van der Waals surface area contributed by atoms with Crippen LogP contribution in [0.5, 0.6) is 0 Å². The van der Waals surface area contributed by atoms with E-state index in [9.17, 15) is 4.39 Å². The number of hydrogen-bond acceptors (Lipinski definition) is 3. The molecule has 18 heavy (non-hydrogen) atoms. The molecule has 0 bridgehead atoms. The van der Waals surface area contributed by atoms with Crippen LogP contribution in [0.1, 0.15) is 11.4 Å². The molecule has 0 radical (unpaired) electrons. The quantitative estimate of drug-likeness (QED) is 0.804. The predicted molar refractivity (Wildman–Crippen MR) is 65.4 cm³/mol. The van der Waals surface area contributed by atoms with Crippen LogP contribution in [0.25, 0.3) is 0 Å². The summed E-state index contributed by atoms with van der Waals surface area (Å²) in [7, 11) is 0. The summed E-state index contributed by atoms with van der Waals surface area (Å²) >= 11 is 0. The summed E-state index contributed by atoms with van der Waals surface area (Å²) in [6.07, 6.45) is 2.68. The number of fused-ring (bicyclic) bond motifs is 1. The van der Waals surface area contributed by atoms with Gasteiger partial charge in [0.25, 0.3) is 0 Å². The highest BCUT2D eigenvalue weighted by Gasteiger charge is 2.14. The second kappa shape index (κ2) is 4.86. The molecule has 0 N–H and O–H groups in total. The number of aromatic nitrogens is 3. The Bertz CT molecular complexity index is 515. The summed E-state index contributed by atoms with van der Waals surface area (Å²) in [5.41, 5.74) is 1.02. The van der Waals surface area contributed by atoms with Gasteiger partial charge in [-0.1, -0.05) is 12.1 Å². The van der Waals surface area contributed by atoms with E-state index >= 15 is 0 Å². The lowest BCUT2D eigenvalue weighted by Gasteiger charge is -2.19. The third-order valence-electron chi connectivity index (χ3n) is 3.30. The molecule has 0 saturated carbocycles. The van der Waals surface area contributed by atoms with Crippen molar-refractivity contribution in [3.63, 3.8) is 0 Å². The molecule has 2 heterocycles. The van der Waals surface area contributed by atoms with Crippen LogP contribution in [-0.2, 0) is 19.5 Å². The van der Waals surface area contributed by atoms with E-state index in [2.05, 4.69) is 19.7 Å². The van der Waals surface area contributed by atoms with Gasteiger partial charge in [-0.2, -0.15) is 0 Å². The van der Waals surface area contributed by atoms with Gasteiger partial charge in [-0.25, -0.2) is 4.39 Å². The standard InChI is InChI=1S/C13H15FN4/c14-12-3-1-2-11(8-12)9-17-5-4-13-16-15-10-18(13)7-6-17/h1-3,8,10H,4-7,9H2. The Morgan fingerprint density at radius 1 is 1.22 bits per heavy atom. The average molecular weight is 246 g/mol. The van der Waals surface area contributed by atoms with E-state index < -0.39 is 0 Å². The Morgan fingerprint density at radius 3 is 3.06 bits per heavy atom. The molecule has 0 unspecified atom stereocenters. The maximum absolute atomic E-state index is 13.1. The zero-order valence-corrected chi connectivity index (χ0v) is 10.1. The second-order valence-corrected chi connectivity index (χ2v) is 4.60. The molecule has 1 aliphatic rings. The molecule has 0 atom stereocenters. The molecule has 1 aromatic carbocycles. The van der Waals surface area contributed by atoms with Gasteiger partial charge in [0.2, 0.25) is 0 Å². The summed E-state index contributed by atoms with van der Waals surface area (Å²) in [4.78, 5) is 2.32. The van der Waals surface area contributed by atoms with Crippen molar-refractivity contribution >= 4 is 0 Å². The second-order valence-electron chi connectivity index (χ2n) is 4.60. The van der Waals surface area contributed by atoms with Crippen LogP contribution >= 0.6 is 0 Å². The van der Waals surface area contributed by atoms with Gasteiger partial charge < -0.3 is 4.57 Å². The summed E-state index contributed by atoms with van der Waals surface area (Å²) in [5, 5.41) is 8.01. The van der Waals surface area contributed by atoms with Crippen LogP contribution in [0.2, 0.25) is 0 Å². The van der Waals surface area contributed by atoms with Gasteiger partial charge in [0, 0.05) is 32.6 Å². The van der Waals surface area contributed by atoms with Crippen molar-refractivity contribution in [3.8, 4) is 0 Å². The fraction of sp³-hybridized carbons (Fsp3) is 0.385. The van der Waals surface area contributed by atoms with Gasteiger partial charge >= 0.3 is 0 Å². The van der Waals surface area contributed by atoms with Gasteiger partial charge in [0.15, 0.2) is 0 Å². The number of halogens is 1. The van der Waals surface area contributed by atoms with E-state index in [1.807, 2.05) is 6.07 Å². The fourth-order valence-corrected chi connectivity index (χ4v) is 2.33. The Balaban J connectivity index is 1.67. The highest BCUT2D eigenvalue weighted by atomic mass is 19.1. The highest BCUT2D eigenvalue weighted by molar-refractivity contribution is 5.16. The van der Waals surface area contributed by atoms with Crippen molar-refractivity contribution in [1.29, 1.82) is 0 Å². The Hall–Kier alpha value is -1.75. The molecular weight excluding hydrogens is 231 g/mol. The summed E-state index contributed by atoms with van der Waals surface area (Å²) in [6, 6.07) is 6.81. The number of benzene rings is 1. The molecule has 2 aromatic rings. The van der Waals surface area contributed by atoms with E-state index in [4.69, 9.17) is 0 Å². The maximum atomic E-state index is 13.1. The molecule has 94 valence electrons. The van der Waals surface area contributed by atoms with E-state index in [-0.39, 0.29) is 5.82 Å². The lowest BCUT2D eigenvalue weighted by atomic mass is 10.2. The van der Waals surface area contributed by atoms with Gasteiger partial charge in [-0.05, 0) is 17.7 Å². The first-order chi connectivity index (χ1) is 8.81. The molecule has 1 aliphatic heterocycles. The van der Waals surface area contributed by atoms with Crippen molar-refractivity contribution < 1.29 is 4.39 Å². The van der Waals surface area contributed by atoms with E-state index in [0.717, 1.165) is 44.0 Å². The van der Waals surface area contributed by atoms with Crippen molar-refractivity contribution in [1.82, 2.24) is 19.7 Å². The van der Waals surface area contributed by atoms with Crippen LogP contribution < -0.4 is 0 Å². The van der Waals surface area contributed by atoms with Gasteiger partial charge in [-0.3, -0.25) is 4.90 Å². The van der Waals surface area contributed by atoms with Crippen LogP contribution in [-0.4, -0.2) is 32.8 Å². The van der Waals surface area contributed by atoms with E-state index in [1.165, 1.54) is 6.07 Å². The first kappa shape index (κ1) is 11.3. The van der Waals surface area contributed by atoms with Crippen LogP contribution in [0, 0.1) is 5.82 Å². The van der Waals surface area contributed by atoms with Gasteiger partial charge in [0.05, 0.1) is 0 Å². The highest BCUT2D eigenvalue weighted by Crippen LogP contribution is 2.11. The largest absolute Gasteiger partial charge is 0.316 e. The molecule has 0 fully saturated rings. The average Bonchev–Trinajstić information content (AvgIpc) is 2.73.